The Morgan fingerprint density at radius 3 is 2.57 bits per heavy atom. The predicted octanol–water partition coefficient (Wildman–Crippen LogP) is -2.26. The first-order valence-corrected chi connectivity index (χ1v) is 7.36. The van der Waals surface area contributed by atoms with Gasteiger partial charge in [0, 0.05) is 18.8 Å². The lowest BCUT2D eigenvalue weighted by molar-refractivity contribution is -0.149. The number of carboxylic acid groups (broad SMARTS) is 1. The summed E-state index contributed by atoms with van der Waals surface area (Å²) in [6.07, 6.45) is 0.639. The van der Waals surface area contributed by atoms with E-state index in [1.54, 1.807) is 0 Å². The van der Waals surface area contributed by atoms with Crippen LogP contribution in [-0.4, -0.2) is 69.5 Å². The van der Waals surface area contributed by atoms with E-state index < -0.39 is 30.6 Å². The number of carboxylic acids is 1. The quantitative estimate of drug-likeness (QED) is 0.239. The van der Waals surface area contributed by atoms with Crippen LogP contribution in [0, 0.1) is 5.92 Å². The van der Waals surface area contributed by atoms with E-state index in [-0.39, 0.29) is 31.0 Å². The van der Waals surface area contributed by atoms with E-state index in [2.05, 4.69) is 12.6 Å². The van der Waals surface area contributed by atoms with Crippen LogP contribution in [-0.2, 0) is 9.59 Å². The number of nitrogens with zero attached hydrogens (tertiary/aromatic N) is 1. The summed E-state index contributed by atoms with van der Waals surface area (Å²) in [6, 6.07) is -0.812. The normalized spacial score (nSPS) is 27.3. The Balaban J connectivity index is 2.84. The zero-order valence-corrected chi connectivity index (χ0v) is 12.6. The number of hydrogen-bond donors (Lipinski definition) is 6. The Kier molecular flexibility index (Phi) is 6.48. The van der Waals surface area contributed by atoms with Crippen molar-refractivity contribution in [1.29, 1.82) is 0 Å². The Labute approximate surface area is 129 Å². The van der Waals surface area contributed by atoms with Gasteiger partial charge in [-0.25, -0.2) is 0 Å². The van der Waals surface area contributed by atoms with Gasteiger partial charge in [0.05, 0.1) is 6.04 Å². The summed E-state index contributed by atoms with van der Waals surface area (Å²) < 4.78 is 0. The van der Waals surface area contributed by atoms with Gasteiger partial charge in [0.1, 0.15) is 5.54 Å². The molecule has 0 unspecified atom stereocenters. The number of piperidine rings is 1. The van der Waals surface area contributed by atoms with Gasteiger partial charge in [-0.1, -0.05) is 6.42 Å². The number of nitrogens with two attached hydrogens (primary N) is 2. The molecule has 1 fully saturated rings. The van der Waals surface area contributed by atoms with Gasteiger partial charge in [0.25, 0.3) is 0 Å². The number of carbonyl (C=O) groups excluding carboxylic acids is 1. The van der Waals surface area contributed by atoms with Crippen molar-refractivity contribution in [2.24, 2.45) is 17.4 Å². The van der Waals surface area contributed by atoms with E-state index in [4.69, 9.17) is 21.5 Å². The van der Waals surface area contributed by atoms with Gasteiger partial charge in [-0.2, -0.15) is 12.6 Å². The summed E-state index contributed by atoms with van der Waals surface area (Å²) in [5.74, 6) is -1.65. The average molecular weight is 319 g/mol. The topological polar surface area (TPSA) is 150 Å². The molecule has 21 heavy (non-hydrogen) atoms. The number of likely N-dealkylation sites (tertiary alicyclic amines) is 1. The first kappa shape index (κ1) is 18.2. The van der Waals surface area contributed by atoms with Gasteiger partial charge in [0.2, 0.25) is 5.91 Å². The minimum atomic E-state index is -1.55. The van der Waals surface area contributed by atoms with Gasteiger partial charge in [-0.3, -0.25) is 9.59 Å². The largest absolute Gasteiger partial charge is 0.480 e. The monoisotopic (exact) mass is 319 g/mol. The minimum Gasteiger partial charge on any atom is -0.480 e. The first-order valence-electron chi connectivity index (χ1n) is 6.73. The molecule has 0 radical (unpaired) electrons. The molecule has 0 aromatic carbocycles. The molecular weight excluding hydrogens is 297 g/mol. The van der Waals surface area contributed by atoms with Crippen molar-refractivity contribution in [3.05, 3.63) is 0 Å². The lowest BCUT2D eigenvalue weighted by Gasteiger charge is -2.42. The summed E-state index contributed by atoms with van der Waals surface area (Å²) in [6.45, 7) is 0.195. The molecule has 0 aromatic heterocycles. The molecule has 1 rings (SSSR count). The predicted molar refractivity (Wildman–Crippen MR) is 80.7 cm³/mol. The maximum atomic E-state index is 12.1. The van der Waals surface area contributed by atoms with Crippen LogP contribution >= 0.6 is 12.6 Å². The van der Waals surface area contributed by atoms with Gasteiger partial charge >= 0.3 is 13.1 Å². The lowest BCUT2D eigenvalue weighted by Crippen LogP contribution is -2.64. The molecule has 0 spiro atoms. The maximum Gasteiger partial charge on any atom is 0.451 e. The van der Waals surface area contributed by atoms with E-state index in [0.29, 0.717) is 13.0 Å². The van der Waals surface area contributed by atoms with E-state index in [9.17, 15) is 14.7 Å². The third-order valence-electron chi connectivity index (χ3n) is 3.69. The lowest BCUT2D eigenvalue weighted by atomic mass is 9.75. The standard InChI is InChI=1S/C11H22BN3O5S/c13-8(5-21)9(16)15-4-7(1-2-12(19)20)3-11(14,6-15)10(17)18/h7-8,19-21H,1-6,13-14H2,(H,17,18)/t7-,8-,11+/m0/s1. The van der Waals surface area contributed by atoms with E-state index in [0.717, 1.165) is 0 Å². The molecule has 1 saturated heterocycles. The molecule has 1 heterocycles. The molecule has 0 bridgehead atoms. The Bertz CT molecular complexity index is 400. The van der Waals surface area contributed by atoms with E-state index >= 15 is 0 Å². The third kappa shape index (κ3) is 4.85. The van der Waals surface area contributed by atoms with Crippen LogP contribution < -0.4 is 11.5 Å². The van der Waals surface area contributed by atoms with Crippen molar-refractivity contribution in [1.82, 2.24) is 4.90 Å². The van der Waals surface area contributed by atoms with E-state index in [1.165, 1.54) is 4.90 Å². The van der Waals surface area contributed by atoms with Crippen LogP contribution in [0.2, 0.25) is 6.32 Å². The molecule has 0 saturated carbocycles. The van der Waals surface area contributed by atoms with Gasteiger partial charge in [-0.15, -0.1) is 0 Å². The Morgan fingerprint density at radius 2 is 2.10 bits per heavy atom. The second-order valence-corrected chi connectivity index (χ2v) is 5.96. The van der Waals surface area contributed by atoms with E-state index in [1.807, 2.05) is 0 Å². The zero-order chi connectivity index (χ0) is 16.2. The van der Waals surface area contributed by atoms with Crippen LogP contribution in [0.4, 0.5) is 0 Å². The SMILES string of the molecule is N[C@@H](CS)C(=O)N1C[C@@H](CCB(O)O)C[C@](N)(C(=O)O)C1. The van der Waals surface area contributed by atoms with Crippen molar-refractivity contribution in [2.45, 2.75) is 30.7 Å². The molecule has 8 nitrogen and oxygen atoms in total. The number of aliphatic carboxylic acids is 1. The minimum absolute atomic E-state index is 0.0982. The highest BCUT2D eigenvalue weighted by Crippen LogP contribution is 2.28. The molecule has 1 aliphatic heterocycles. The molecule has 7 N–H and O–H groups in total. The molecule has 1 aliphatic rings. The average Bonchev–Trinajstić information content (AvgIpc) is 2.42. The summed E-state index contributed by atoms with van der Waals surface area (Å²) in [5, 5.41) is 27.1. The smallest absolute Gasteiger partial charge is 0.451 e. The van der Waals surface area contributed by atoms with Gasteiger partial charge < -0.3 is 31.5 Å². The van der Waals surface area contributed by atoms with Crippen molar-refractivity contribution in [3.8, 4) is 0 Å². The fourth-order valence-electron chi connectivity index (χ4n) is 2.57. The van der Waals surface area contributed by atoms with Crippen LogP contribution in [0.1, 0.15) is 12.8 Å². The number of hydrogen-bond acceptors (Lipinski definition) is 7. The third-order valence-corrected chi connectivity index (χ3v) is 4.08. The highest BCUT2D eigenvalue weighted by atomic mass is 32.1. The Morgan fingerprint density at radius 1 is 1.48 bits per heavy atom. The molecule has 3 atom stereocenters. The van der Waals surface area contributed by atoms with Crippen LogP contribution in [0.25, 0.3) is 0 Å². The number of amides is 1. The molecule has 0 aliphatic carbocycles. The fraction of sp³-hybridized carbons (Fsp3) is 0.818. The van der Waals surface area contributed by atoms with Crippen molar-refractivity contribution < 1.29 is 24.7 Å². The fourth-order valence-corrected chi connectivity index (χ4v) is 2.73. The zero-order valence-electron chi connectivity index (χ0n) is 11.7. The second-order valence-electron chi connectivity index (χ2n) is 5.60. The van der Waals surface area contributed by atoms with Crippen molar-refractivity contribution in [3.63, 3.8) is 0 Å². The number of carbonyl (C=O) groups is 2. The molecule has 1 amide bonds. The van der Waals surface area contributed by atoms with Crippen LogP contribution in [0.5, 0.6) is 0 Å². The highest BCUT2D eigenvalue weighted by Gasteiger charge is 2.44. The molecule has 10 heteroatoms. The summed E-state index contributed by atoms with van der Waals surface area (Å²) in [5.41, 5.74) is 9.99. The molecule has 0 aromatic rings. The van der Waals surface area contributed by atoms with Crippen molar-refractivity contribution in [2.75, 3.05) is 18.8 Å². The van der Waals surface area contributed by atoms with Gasteiger partial charge in [-0.05, 0) is 18.7 Å². The summed E-state index contributed by atoms with van der Waals surface area (Å²) in [4.78, 5) is 24.8. The highest BCUT2D eigenvalue weighted by molar-refractivity contribution is 7.80. The van der Waals surface area contributed by atoms with Gasteiger partial charge in [0.15, 0.2) is 0 Å². The van der Waals surface area contributed by atoms with Crippen LogP contribution in [0.15, 0.2) is 0 Å². The van der Waals surface area contributed by atoms with Crippen molar-refractivity contribution >= 4 is 31.6 Å². The molecule has 120 valence electrons. The van der Waals surface area contributed by atoms with Crippen LogP contribution in [0.3, 0.4) is 0 Å². The number of rotatable bonds is 6. The maximum absolute atomic E-state index is 12.1. The summed E-state index contributed by atoms with van der Waals surface area (Å²) in [7, 11) is -1.47. The first-order chi connectivity index (χ1) is 9.69. The summed E-state index contributed by atoms with van der Waals surface area (Å²) >= 11 is 3.96. The number of thiol groups is 1. The molecular formula is C11H22BN3O5S. The second kappa shape index (κ2) is 7.46. The Hall–Kier alpha value is -0.805.